The summed E-state index contributed by atoms with van der Waals surface area (Å²) in [5.41, 5.74) is 0. The Balaban J connectivity index is 2.56. The third-order valence-corrected chi connectivity index (χ3v) is 4.61. The van der Waals surface area contributed by atoms with Crippen LogP contribution in [0.5, 0.6) is 0 Å². The van der Waals surface area contributed by atoms with E-state index in [0.717, 1.165) is 21.5 Å². The van der Waals surface area contributed by atoms with E-state index in [-0.39, 0.29) is 0 Å². The normalized spacial score (nSPS) is 11.3. The van der Waals surface area contributed by atoms with E-state index in [1.54, 1.807) is 12.1 Å². The lowest BCUT2D eigenvalue weighted by molar-refractivity contribution is 1.75. The number of benzene rings is 3. The SMILES string of the molecule is Clc1ccc2c(ccc3c(Cl)c(Cl)ccc32)c1Cl. The minimum atomic E-state index is 0.545. The van der Waals surface area contributed by atoms with Crippen LogP contribution in [-0.2, 0) is 0 Å². The lowest BCUT2D eigenvalue weighted by atomic mass is 10.0. The van der Waals surface area contributed by atoms with Crippen LogP contribution >= 0.6 is 46.4 Å². The Hall–Kier alpha value is -0.660. The molecule has 18 heavy (non-hydrogen) atoms. The zero-order valence-electron chi connectivity index (χ0n) is 8.98. The molecule has 0 unspecified atom stereocenters. The van der Waals surface area contributed by atoms with E-state index in [2.05, 4.69) is 0 Å². The Kier molecular flexibility index (Phi) is 3.07. The van der Waals surface area contributed by atoms with Crippen molar-refractivity contribution >= 4 is 67.9 Å². The number of rotatable bonds is 0. The summed E-state index contributed by atoms with van der Waals surface area (Å²) in [5.74, 6) is 0. The van der Waals surface area contributed by atoms with Crippen LogP contribution in [0.3, 0.4) is 0 Å². The van der Waals surface area contributed by atoms with Crippen molar-refractivity contribution in [2.24, 2.45) is 0 Å². The van der Waals surface area contributed by atoms with Gasteiger partial charge in [0.2, 0.25) is 0 Å². The molecule has 0 fully saturated rings. The smallest absolute Gasteiger partial charge is 0.0670 e. The van der Waals surface area contributed by atoms with Crippen molar-refractivity contribution in [3.05, 3.63) is 56.5 Å². The van der Waals surface area contributed by atoms with Gasteiger partial charge in [-0.25, -0.2) is 0 Å². The fraction of sp³-hybridized carbons (Fsp3) is 0. The molecule has 0 amide bonds. The van der Waals surface area contributed by atoms with Crippen LogP contribution in [0.15, 0.2) is 36.4 Å². The fourth-order valence-electron chi connectivity index (χ4n) is 2.09. The molecule has 0 heterocycles. The molecule has 0 bridgehead atoms. The van der Waals surface area contributed by atoms with Gasteiger partial charge in [0.15, 0.2) is 0 Å². The summed E-state index contributed by atoms with van der Waals surface area (Å²) in [7, 11) is 0. The molecule has 0 nitrogen and oxygen atoms in total. The summed E-state index contributed by atoms with van der Waals surface area (Å²) in [6.07, 6.45) is 0. The Morgan fingerprint density at radius 3 is 1.17 bits per heavy atom. The molecule has 0 aliphatic carbocycles. The summed E-state index contributed by atoms with van der Waals surface area (Å²) >= 11 is 24.4. The highest BCUT2D eigenvalue weighted by Gasteiger charge is 2.10. The van der Waals surface area contributed by atoms with Crippen molar-refractivity contribution in [2.45, 2.75) is 0 Å². The van der Waals surface area contributed by atoms with Gasteiger partial charge >= 0.3 is 0 Å². The standard InChI is InChI=1S/C14H6Cl4/c15-11-5-3-7-8-4-6-12(16)14(18)10(8)2-1-9(7)13(11)17/h1-6H. The molecule has 3 aromatic rings. The van der Waals surface area contributed by atoms with Gasteiger partial charge in [-0.05, 0) is 22.9 Å². The molecule has 0 aliphatic rings. The maximum absolute atomic E-state index is 6.21. The first-order valence-corrected chi connectivity index (χ1v) is 6.75. The van der Waals surface area contributed by atoms with Crippen molar-refractivity contribution in [3.8, 4) is 0 Å². The second kappa shape index (κ2) is 4.47. The summed E-state index contributed by atoms with van der Waals surface area (Å²) < 4.78 is 0. The number of fused-ring (bicyclic) bond motifs is 3. The van der Waals surface area contributed by atoms with Crippen LogP contribution in [0, 0.1) is 0 Å². The van der Waals surface area contributed by atoms with Crippen molar-refractivity contribution < 1.29 is 0 Å². The maximum Gasteiger partial charge on any atom is 0.0670 e. The van der Waals surface area contributed by atoms with Gasteiger partial charge in [0, 0.05) is 10.8 Å². The molecule has 0 aromatic heterocycles. The van der Waals surface area contributed by atoms with Gasteiger partial charge < -0.3 is 0 Å². The molecule has 3 rings (SSSR count). The van der Waals surface area contributed by atoms with Gasteiger partial charge in [0.25, 0.3) is 0 Å². The topological polar surface area (TPSA) is 0 Å². The molecule has 0 aliphatic heterocycles. The van der Waals surface area contributed by atoms with E-state index in [0.29, 0.717) is 20.1 Å². The Morgan fingerprint density at radius 2 is 0.778 bits per heavy atom. The minimum Gasteiger partial charge on any atom is -0.0827 e. The van der Waals surface area contributed by atoms with E-state index in [1.165, 1.54) is 0 Å². The summed E-state index contributed by atoms with van der Waals surface area (Å²) in [6.45, 7) is 0. The Bertz CT molecular complexity index is 711. The van der Waals surface area contributed by atoms with Crippen molar-refractivity contribution in [3.63, 3.8) is 0 Å². The summed E-state index contributed by atoms with van der Waals surface area (Å²) in [5, 5.41) is 6.06. The second-order valence-corrected chi connectivity index (χ2v) is 5.55. The number of hydrogen-bond acceptors (Lipinski definition) is 0. The van der Waals surface area contributed by atoms with E-state index in [9.17, 15) is 0 Å². The predicted molar refractivity (Wildman–Crippen MR) is 81.5 cm³/mol. The highest BCUT2D eigenvalue weighted by Crippen LogP contribution is 2.38. The molecule has 0 radical (unpaired) electrons. The van der Waals surface area contributed by atoms with Gasteiger partial charge in [-0.1, -0.05) is 70.7 Å². The predicted octanol–water partition coefficient (Wildman–Crippen LogP) is 6.61. The molecule has 0 atom stereocenters. The third-order valence-electron chi connectivity index (χ3n) is 2.97. The molecule has 0 N–H and O–H groups in total. The van der Waals surface area contributed by atoms with Crippen molar-refractivity contribution in [2.75, 3.05) is 0 Å². The first-order chi connectivity index (χ1) is 8.59. The summed E-state index contributed by atoms with van der Waals surface area (Å²) in [6, 6.07) is 11.3. The quantitative estimate of drug-likeness (QED) is 0.410. The largest absolute Gasteiger partial charge is 0.0827 e. The van der Waals surface area contributed by atoms with E-state index in [1.807, 2.05) is 24.3 Å². The molecular formula is C14H6Cl4. The molecule has 3 aromatic carbocycles. The number of halogens is 4. The molecule has 0 saturated heterocycles. The van der Waals surface area contributed by atoms with Gasteiger partial charge in [-0.2, -0.15) is 0 Å². The highest BCUT2D eigenvalue weighted by atomic mass is 35.5. The average Bonchev–Trinajstić information content (AvgIpc) is 2.38. The Morgan fingerprint density at radius 1 is 0.444 bits per heavy atom. The zero-order valence-corrected chi connectivity index (χ0v) is 12.0. The van der Waals surface area contributed by atoms with Crippen LogP contribution in [-0.4, -0.2) is 0 Å². The van der Waals surface area contributed by atoms with Gasteiger partial charge in [-0.15, -0.1) is 0 Å². The average molecular weight is 316 g/mol. The minimum absolute atomic E-state index is 0.545. The zero-order chi connectivity index (χ0) is 12.9. The maximum atomic E-state index is 6.21. The second-order valence-electron chi connectivity index (χ2n) is 3.98. The third kappa shape index (κ3) is 1.76. The molecule has 90 valence electrons. The molecule has 0 spiro atoms. The van der Waals surface area contributed by atoms with E-state index >= 15 is 0 Å². The monoisotopic (exact) mass is 314 g/mol. The first-order valence-electron chi connectivity index (χ1n) is 5.24. The van der Waals surface area contributed by atoms with Crippen LogP contribution in [0.4, 0.5) is 0 Å². The van der Waals surface area contributed by atoms with Gasteiger partial charge in [-0.3, -0.25) is 0 Å². The first kappa shape index (κ1) is 12.4. The van der Waals surface area contributed by atoms with Crippen LogP contribution in [0.1, 0.15) is 0 Å². The number of hydrogen-bond donors (Lipinski definition) is 0. The van der Waals surface area contributed by atoms with Crippen LogP contribution < -0.4 is 0 Å². The van der Waals surface area contributed by atoms with E-state index < -0.39 is 0 Å². The lowest BCUT2D eigenvalue weighted by Gasteiger charge is -2.08. The van der Waals surface area contributed by atoms with Crippen molar-refractivity contribution in [1.82, 2.24) is 0 Å². The van der Waals surface area contributed by atoms with Crippen molar-refractivity contribution in [1.29, 1.82) is 0 Å². The molecule has 0 saturated carbocycles. The van der Waals surface area contributed by atoms with Gasteiger partial charge in [0.05, 0.1) is 20.1 Å². The fourth-order valence-corrected chi connectivity index (χ4v) is 2.88. The molecular weight excluding hydrogens is 310 g/mol. The van der Waals surface area contributed by atoms with Gasteiger partial charge in [0.1, 0.15) is 0 Å². The Labute approximate surface area is 124 Å². The molecule has 4 heteroatoms. The van der Waals surface area contributed by atoms with Crippen LogP contribution in [0.25, 0.3) is 21.5 Å². The lowest BCUT2D eigenvalue weighted by Crippen LogP contribution is -1.81. The van der Waals surface area contributed by atoms with Crippen LogP contribution in [0.2, 0.25) is 20.1 Å². The highest BCUT2D eigenvalue weighted by molar-refractivity contribution is 6.47. The van der Waals surface area contributed by atoms with E-state index in [4.69, 9.17) is 46.4 Å². The summed E-state index contributed by atoms with van der Waals surface area (Å²) in [4.78, 5) is 0.